The summed E-state index contributed by atoms with van der Waals surface area (Å²) in [6.07, 6.45) is 1.25. The van der Waals surface area contributed by atoms with Crippen molar-refractivity contribution >= 4 is 9.84 Å². The Morgan fingerprint density at radius 1 is 1.37 bits per heavy atom. The van der Waals surface area contributed by atoms with Crippen molar-refractivity contribution in [2.45, 2.75) is 13.1 Å². The highest BCUT2D eigenvalue weighted by atomic mass is 32.2. The van der Waals surface area contributed by atoms with E-state index in [0.29, 0.717) is 19.6 Å². The molecule has 0 saturated heterocycles. The Morgan fingerprint density at radius 2 is 2.05 bits per heavy atom. The van der Waals surface area contributed by atoms with Gasteiger partial charge in [-0.05, 0) is 24.7 Å². The fraction of sp³-hybridized carbons (Fsp3) is 0.538. The fourth-order valence-electron chi connectivity index (χ4n) is 1.77. The molecule has 0 amide bonds. The Kier molecular flexibility index (Phi) is 5.78. The third kappa shape index (κ3) is 5.59. The van der Waals surface area contributed by atoms with Crippen LogP contribution in [0.3, 0.4) is 0 Å². The van der Waals surface area contributed by atoms with Crippen molar-refractivity contribution in [2.75, 3.05) is 32.7 Å². The quantitative estimate of drug-likeness (QED) is 0.796. The van der Waals surface area contributed by atoms with Gasteiger partial charge in [0, 0.05) is 31.5 Å². The van der Waals surface area contributed by atoms with Gasteiger partial charge in [-0.1, -0.05) is 6.07 Å². The van der Waals surface area contributed by atoms with Gasteiger partial charge in [0.25, 0.3) is 0 Å². The second-order valence-electron chi connectivity index (χ2n) is 4.72. The van der Waals surface area contributed by atoms with Gasteiger partial charge < -0.3 is 15.4 Å². The standard InChI is InChI=1S/C13H22N2O3S/c1-15(6-7-19(3,16)17)10-12-8-11(9-14)4-5-13(12)18-2/h4-5,8H,6-7,9-10,14H2,1-3H3. The summed E-state index contributed by atoms with van der Waals surface area (Å²) in [6.45, 7) is 1.60. The summed E-state index contributed by atoms with van der Waals surface area (Å²) in [5, 5.41) is 0. The first-order valence-electron chi connectivity index (χ1n) is 6.08. The van der Waals surface area contributed by atoms with Gasteiger partial charge in [-0.2, -0.15) is 0 Å². The lowest BCUT2D eigenvalue weighted by atomic mass is 10.1. The molecule has 1 aromatic rings. The maximum Gasteiger partial charge on any atom is 0.148 e. The number of nitrogens with two attached hydrogens (primary N) is 1. The molecule has 0 aliphatic heterocycles. The van der Waals surface area contributed by atoms with Crippen LogP contribution < -0.4 is 10.5 Å². The topological polar surface area (TPSA) is 72.6 Å². The van der Waals surface area contributed by atoms with Gasteiger partial charge in [0.2, 0.25) is 0 Å². The van der Waals surface area contributed by atoms with Crippen molar-refractivity contribution in [3.05, 3.63) is 29.3 Å². The highest BCUT2D eigenvalue weighted by molar-refractivity contribution is 7.90. The van der Waals surface area contributed by atoms with Crippen LogP contribution in [0.15, 0.2) is 18.2 Å². The smallest absolute Gasteiger partial charge is 0.148 e. The first-order chi connectivity index (χ1) is 8.85. The molecule has 0 bridgehead atoms. The van der Waals surface area contributed by atoms with E-state index in [4.69, 9.17) is 10.5 Å². The molecule has 0 radical (unpaired) electrons. The molecule has 0 spiro atoms. The van der Waals surface area contributed by atoms with Crippen molar-refractivity contribution < 1.29 is 13.2 Å². The lowest BCUT2D eigenvalue weighted by Gasteiger charge is -2.18. The van der Waals surface area contributed by atoms with Gasteiger partial charge in [-0.15, -0.1) is 0 Å². The number of rotatable bonds is 7. The highest BCUT2D eigenvalue weighted by Crippen LogP contribution is 2.21. The minimum absolute atomic E-state index is 0.155. The molecule has 0 unspecified atom stereocenters. The van der Waals surface area contributed by atoms with Gasteiger partial charge in [0.1, 0.15) is 15.6 Å². The van der Waals surface area contributed by atoms with Crippen molar-refractivity contribution in [3.8, 4) is 5.75 Å². The Labute approximate surface area is 115 Å². The molecule has 6 heteroatoms. The maximum atomic E-state index is 11.1. The van der Waals surface area contributed by atoms with E-state index < -0.39 is 9.84 Å². The van der Waals surface area contributed by atoms with Crippen LogP contribution in [-0.4, -0.2) is 46.0 Å². The third-order valence-corrected chi connectivity index (χ3v) is 3.79. The molecule has 1 rings (SSSR count). The minimum Gasteiger partial charge on any atom is -0.496 e. The minimum atomic E-state index is -2.93. The Hall–Kier alpha value is -1.11. The van der Waals surface area contributed by atoms with E-state index in [1.807, 2.05) is 30.1 Å². The van der Waals surface area contributed by atoms with Crippen LogP contribution >= 0.6 is 0 Å². The molecular weight excluding hydrogens is 264 g/mol. The number of ether oxygens (including phenoxy) is 1. The molecule has 0 aromatic heterocycles. The van der Waals surface area contributed by atoms with Gasteiger partial charge in [0.15, 0.2) is 0 Å². The molecule has 19 heavy (non-hydrogen) atoms. The second kappa shape index (κ2) is 6.88. The summed E-state index contributed by atoms with van der Waals surface area (Å²) in [7, 11) is 0.578. The number of hydrogen-bond donors (Lipinski definition) is 1. The zero-order valence-electron chi connectivity index (χ0n) is 11.7. The summed E-state index contributed by atoms with van der Waals surface area (Å²) in [5.74, 6) is 0.950. The average molecular weight is 286 g/mol. The molecule has 5 nitrogen and oxygen atoms in total. The molecule has 0 heterocycles. The van der Waals surface area contributed by atoms with Crippen LogP contribution in [0.5, 0.6) is 5.75 Å². The van der Waals surface area contributed by atoms with Crippen LogP contribution in [0.4, 0.5) is 0 Å². The zero-order valence-corrected chi connectivity index (χ0v) is 12.5. The monoisotopic (exact) mass is 286 g/mol. The molecular formula is C13H22N2O3S. The first kappa shape index (κ1) is 15.9. The van der Waals surface area contributed by atoms with E-state index in [9.17, 15) is 8.42 Å². The summed E-state index contributed by atoms with van der Waals surface area (Å²) in [5.41, 5.74) is 7.67. The molecule has 0 fully saturated rings. The van der Waals surface area contributed by atoms with E-state index in [1.165, 1.54) is 6.26 Å². The largest absolute Gasteiger partial charge is 0.496 e. The molecule has 0 aliphatic rings. The molecule has 108 valence electrons. The van der Waals surface area contributed by atoms with Gasteiger partial charge in [-0.25, -0.2) is 8.42 Å². The highest BCUT2D eigenvalue weighted by Gasteiger charge is 2.10. The summed E-state index contributed by atoms with van der Waals surface area (Å²) in [4.78, 5) is 1.96. The van der Waals surface area contributed by atoms with E-state index in [-0.39, 0.29) is 5.75 Å². The van der Waals surface area contributed by atoms with Gasteiger partial charge >= 0.3 is 0 Å². The number of hydrogen-bond acceptors (Lipinski definition) is 5. The number of sulfone groups is 1. The first-order valence-corrected chi connectivity index (χ1v) is 8.14. The Bertz CT molecular complexity index is 515. The summed E-state index contributed by atoms with van der Waals surface area (Å²) < 4.78 is 27.6. The van der Waals surface area contributed by atoms with E-state index in [2.05, 4.69) is 0 Å². The SMILES string of the molecule is COc1ccc(CN)cc1CN(C)CCS(C)(=O)=O. The lowest BCUT2D eigenvalue weighted by molar-refractivity contribution is 0.333. The van der Waals surface area contributed by atoms with Gasteiger partial charge in [-0.3, -0.25) is 0 Å². The van der Waals surface area contributed by atoms with Crippen LogP contribution in [0.1, 0.15) is 11.1 Å². The third-order valence-electron chi connectivity index (χ3n) is 2.86. The van der Waals surface area contributed by atoms with Gasteiger partial charge in [0.05, 0.1) is 12.9 Å². The maximum absolute atomic E-state index is 11.1. The molecule has 2 N–H and O–H groups in total. The van der Waals surface area contributed by atoms with Crippen LogP contribution in [-0.2, 0) is 22.9 Å². The summed E-state index contributed by atoms with van der Waals surface area (Å²) in [6, 6.07) is 5.82. The predicted molar refractivity (Wildman–Crippen MR) is 76.9 cm³/mol. The Balaban J connectivity index is 2.74. The Morgan fingerprint density at radius 3 is 2.58 bits per heavy atom. The number of nitrogens with zero attached hydrogens (tertiary/aromatic N) is 1. The summed E-state index contributed by atoms with van der Waals surface area (Å²) >= 11 is 0. The second-order valence-corrected chi connectivity index (χ2v) is 6.98. The fourth-order valence-corrected chi connectivity index (χ4v) is 2.42. The molecule has 0 atom stereocenters. The normalized spacial score (nSPS) is 11.8. The van der Waals surface area contributed by atoms with E-state index in [0.717, 1.165) is 16.9 Å². The van der Waals surface area contributed by atoms with E-state index in [1.54, 1.807) is 7.11 Å². The zero-order chi connectivity index (χ0) is 14.5. The van der Waals surface area contributed by atoms with Crippen molar-refractivity contribution in [1.82, 2.24) is 4.90 Å². The average Bonchev–Trinajstić information content (AvgIpc) is 2.35. The molecule has 1 aromatic carbocycles. The number of methoxy groups -OCH3 is 1. The van der Waals surface area contributed by atoms with Crippen LogP contribution in [0, 0.1) is 0 Å². The predicted octanol–water partition coefficient (Wildman–Crippen LogP) is 0.630. The van der Waals surface area contributed by atoms with Crippen LogP contribution in [0.25, 0.3) is 0 Å². The number of benzene rings is 1. The van der Waals surface area contributed by atoms with Crippen LogP contribution in [0.2, 0.25) is 0 Å². The molecule has 0 saturated carbocycles. The lowest BCUT2D eigenvalue weighted by Crippen LogP contribution is -2.25. The van der Waals surface area contributed by atoms with Crippen molar-refractivity contribution in [3.63, 3.8) is 0 Å². The van der Waals surface area contributed by atoms with Crippen molar-refractivity contribution in [1.29, 1.82) is 0 Å². The van der Waals surface area contributed by atoms with Crippen molar-refractivity contribution in [2.24, 2.45) is 5.73 Å². The van der Waals surface area contributed by atoms with E-state index >= 15 is 0 Å². The molecule has 0 aliphatic carbocycles.